The third-order valence-corrected chi connectivity index (χ3v) is 5.50. The number of aliphatic carboxylic acids is 1. The lowest BCUT2D eigenvalue weighted by Gasteiger charge is -2.12. The van der Waals surface area contributed by atoms with Gasteiger partial charge >= 0.3 is 17.9 Å². The van der Waals surface area contributed by atoms with Crippen LogP contribution in [-0.2, 0) is 23.9 Å². The van der Waals surface area contributed by atoms with Gasteiger partial charge in [0.2, 0.25) is 0 Å². The molecule has 3 N–H and O–H groups in total. The smallest absolute Gasteiger partial charge is 0.333 e. The monoisotopic (exact) mass is 474 g/mol. The summed E-state index contributed by atoms with van der Waals surface area (Å²) in [6.07, 6.45) is 15.3. The molecule has 1 unspecified atom stereocenters. The van der Waals surface area contributed by atoms with E-state index in [0.717, 1.165) is 19.3 Å². The van der Waals surface area contributed by atoms with Gasteiger partial charge in [-0.15, -0.1) is 0 Å². The molecule has 0 aliphatic heterocycles. The van der Waals surface area contributed by atoms with Crippen LogP contribution in [0.1, 0.15) is 116 Å². The van der Waals surface area contributed by atoms with Crippen LogP contribution < -0.4 is 0 Å². The number of ether oxygens (including phenoxy) is 2. The number of hydrogen-bond acceptors (Lipinski definition) is 7. The molecule has 2 atom stereocenters. The molecular weight excluding hydrogens is 428 g/mol. The topological polar surface area (TPSA) is 130 Å². The average molecular weight is 475 g/mol. The zero-order valence-electron chi connectivity index (χ0n) is 20.5. The maximum Gasteiger partial charge on any atom is 0.333 e. The van der Waals surface area contributed by atoms with Crippen molar-refractivity contribution in [1.82, 2.24) is 0 Å². The molecule has 0 aliphatic carbocycles. The highest BCUT2D eigenvalue weighted by molar-refractivity contribution is 5.80. The van der Waals surface area contributed by atoms with Crippen LogP contribution in [0.2, 0.25) is 0 Å². The summed E-state index contributed by atoms with van der Waals surface area (Å²) in [6, 6.07) is 0. The van der Waals surface area contributed by atoms with Crippen LogP contribution in [0.25, 0.3) is 0 Å². The molecule has 0 saturated carbocycles. The van der Waals surface area contributed by atoms with Crippen molar-refractivity contribution < 1.29 is 39.2 Å². The number of carboxylic acid groups (broad SMARTS) is 1. The molecular formula is C25H46O8. The standard InChI is InChI=1S/C25H46O8/c1-2-3-4-5-6-7-8-9-10-11-12-13-14-15-16-17-23(28)32-19-21(26)20-33-24(29)18-22(27)25(30)31/h21-22,26-27H,2-20H2,1H3,(H,30,31)/t21?,22-/m1/s1. The molecule has 194 valence electrons. The zero-order chi connectivity index (χ0) is 24.7. The van der Waals surface area contributed by atoms with Crippen molar-refractivity contribution in [3.8, 4) is 0 Å². The maximum absolute atomic E-state index is 11.7. The van der Waals surface area contributed by atoms with E-state index in [1.165, 1.54) is 77.0 Å². The second-order valence-corrected chi connectivity index (χ2v) is 8.78. The highest BCUT2D eigenvalue weighted by Gasteiger charge is 2.20. The van der Waals surface area contributed by atoms with Gasteiger partial charge in [0, 0.05) is 6.42 Å². The first-order valence-corrected chi connectivity index (χ1v) is 12.8. The van der Waals surface area contributed by atoms with Crippen LogP contribution in [0.3, 0.4) is 0 Å². The van der Waals surface area contributed by atoms with Crippen molar-refractivity contribution in [3.63, 3.8) is 0 Å². The predicted molar refractivity (Wildman–Crippen MR) is 126 cm³/mol. The fourth-order valence-corrected chi connectivity index (χ4v) is 3.44. The lowest BCUT2D eigenvalue weighted by Crippen LogP contribution is -2.28. The van der Waals surface area contributed by atoms with E-state index >= 15 is 0 Å². The van der Waals surface area contributed by atoms with Gasteiger partial charge in [-0.25, -0.2) is 4.79 Å². The highest BCUT2D eigenvalue weighted by Crippen LogP contribution is 2.13. The van der Waals surface area contributed by atoms with Gasteiger partial charge in [-0.3, -0.25) is 9.59 Å². The Kier molecular flexibility index (Phi) is 21.0. The first kappa shape index (κ1) is 31.3. The molecule has 8 nitrogen and oxygen atoms in total. The Bertz CT molecular complexity index is 509. The van der Waals surface area contributed by atoms with E-state index in [1.807, 2.05) is 0 Å². The van der Waals surface area contributed by atoms with Crippen LogP contribution in [-0.4, -0.2) is 58.6 Å². The summed E-state index contributed by atoms with van der Waals surface area (Å²) in [5.41, 5.74) is 0. The molecule has 0 aromatic carbocycles. The largest absolute Gasteiger partial charge is 0.479 e. The molecule has 0 aromatic heterocycles. The molecule has 33 heavy (non-hydrogen) atoms. The van der Waals surface area contributed by atoms with E-state index in [-0.39, 0.29) is 13.0 Å². The summed E-state index contributed by atoms with van der Waals surface area (Å²) in [5, 5.41) is 27.2. The first-order valence-electron chi connectivity index (χ1n) is 12.8. The summed E-state index contributed by atoms with van der Waals surface area (Å²) in [6.45, 7) is 1.52. The van der Waals surface area contributed by atoms with Gasteiger partial charge in [-0.1, -0.05) is 96.8 Å². The summed E-state index contributed by atoms with van der Waals surface area (Å²) in [5.74, 6) is -2.88. The maximum atomic E-state index is 11.7. The Hall–Kier alpha value is -1.67. The second kappa shape index (κ2) is 22.1. The number of carbonyl (C=O) groups is 3. The minimum atomic E-state index is -1.85. The minimum Gasteiger partial charge on any atom is -0.479 e. The Labute approximate surface area is 199 Å². The fraction of sp³-hybridized carbons (Fsp3) is 0.880. The number of rotatable bonds is 23. The lowest BCUT2D eigenvalue weighted by atomic mass is 10.0. The zero-order valence-corrected chi connectivity index (χ0v) is 20.5. The van der Waals surface area contributed by atoms with Crippen LogP contribution >= 0.6 is 0 Å². The van der Waals surface area contributed by atoms with Gasteiger partial charge in [0.1, 0.15) is 19.3 Å². The van der Waals surface area contributed by atoms with Gasteiger partial charge in [-0.05, 0) is 6.42 Å². The van der Waals surface area contributed by atoms with E-state index in [4.69, 9.17) is 14.9 Å². The van der Waals surface area contributed by atoms with Crippen molar-refractivity contribution in [2.45, 2.75) is 128 Å². The van der Waals surface area contributed by atoms with Crippen LogP contribution in [0.15, 0.2) is 0 Å². The molecule has 0 aliphatic rings. The van der Waals surface area contributed by atoms with E-state index in [9.17, 15) is 19.5 Å². The van der Waals surface area contributed by atoms with Crippen molar-refractivity contribution in [2.75, 3.05) is 13.2 Å². The van der Waals surface area contributed by atoms with Crippen LogP contribution in [0.4, 0.5) is 0 Å². The molecule has 0 heterocycles. The molecule has 0 radical (unpaired) electrons. The third-order valence-electron chi connectivity index (χ3n) is 5.50. The number of hydrogen-bond donors (Lipinski definition) is 3. The Morgan fingerprint density at radius 2 is 1.03 bits per heavy atom. The normalized spacial score (nSPS) is 12.8. The number of unbranched alkanes of at least 4 members (excludes halogenated alkanes) is 14. The van der Waals surface area contributed by atoms with E-state index in [0.29, 0.717) is 0 Å². The van der Waals surface area contributed by atoms with E-state index in [1.54, 1.807) is 0 Å². The van der Waals surface area contributed by atoms with Gasteiger partial charge in [0.15, 0.2) is 6.10 Å². The summed E-state index contributed by atoms with van der Waals surface area (Å²) >= 11 is 0. The molecule has 0 spiro atoms. The number of carbonyl (C=O) groups excluding carboxylic acids is 2. The van der Waals surface area contributed by atoms with Crippen LogP contribution in [0.5, 0.6) is 0 Å². The van der Waals surface area contributed by atoms with Gasteiger partial charge in [0.05, 0.1) is 6.42 Å². The van der Waals surface area contributed by atoms with Crippen molar-refractivity contribution in [3.05, 3.63) is 0 Å². The second-order valence-electron chi connectivity index (χ2n) is 8.78. The Morgan fingerprint density at radius 1 is 0.636 bits per heavy atom. The van der Waals surface area contributed by atoms with E-state index in [2.05, 4.69) is 11.7 Å². The number of aliphatic hydroxyl groups excluding tert-OH is 2. The van der Waals surface area contributed by atoms with Crippen molar-refractivity contribution in [2.24, 2.45) is 0 Å². The number of carboxylic acids is 1. The molecule has 8 heteroatoms. The molecule has 0 rings (SSSR count). The highest BCUT2D eigenvalue weighted by atomic mass is 16.6. The molecule has 0 bridgehead atoms. The number of esters is 2. The van der Waals surface area contributed by atoms with Gasteiger partial charge < -0.3 is 24.8 Å². The third kappa shape index (κ3) is 21.9. The molecule has 0 amide bonds. The average Bonchev–Trinajstić information content (AvgIpc) is 2.78. The van der Waals surface area contributed by atoms with Crippen molar-refractivity contribution in [1.29, 1.82) is 0 Å². The van der Waals surface area contributed by atoms with Crippen LogP contribution in [0, 0.1) is 0 Å². The number of aliphatic hydroxyl groups is 2. The summed E-state index contributed by atoms with van der Waals surface area (Å²) < 4.78 is 9.59. The summed E-state index contributed by atoms with van der Waals surface area (Å²) in [4.78, 5) is 33.4. The van der Waals surface area contributed by atoms with Crippen molar-refractivity contribution >= 4 is 17.9 Å². The van der Waals surface area contributed by atoms with E-state index < -0.39 is 43.1 Å². The Morgan fingerprint density at radius 3 is 1.45 bits per heavy atom. The minimum absolute atomic E-state index is 0.287. The molecule has 0 saturated heterocycles. The first-order chi connectivity index (χ1) is 15.9. The summed E-state index contributed by atoms with van der Waals surface area (Å²) in [7, 11) is 0. The predicted octanol–water partition coefficient (Wildman–Crippen LogP) is 4.53. The van der Waals surface area contributed by atoms with Gasteiger partial charge in [-0.2, -0.15) is 0 Å². The SMILES string of the molecule is CCCCCCCCCCCCCCCCCC(=O)OCC(O)COC(=O)C[C@@H](O)C(=O)O. The fourth-order valence-electron chi connectivity index (χ4n) is 3.44. The van der Waals surface area contributed by atoms with Gasteiger partial charge in [0.25, 0.3) is 0 Å². The molecule has 0 aromatic rings. The Balaban J connectivity index is 3.43. The molecule has 0 fully saturated rings. The quantitative estimate of drug-likeness (QED) is 0.145. The lowest BCUT2D eigenvalue weighted by molar-refractivity contribution is -0.159.